The predicted molar refractivity (Wildman–Crippen MR) is 91.1 cm³/mol. The highest BCUT2D eigenvalue weighted by atomic mass is 16.7. The molecule has 0 fully saturated rings. The molecule has 3 rings (SSSR count). The fraction of sp³-hybridized carbons (Fsp3) is 0.263. The zero-order chi connectivity index (χ0) is 18.5. The number of hydrogen-bond donors (Lipinski definition) is 0. The molecule has 0 aliphatic carbocycles. The number of esters is 1. The number of carbonyl (C=O) groups excluding carboxylic acids is 2. The monoisotopic (exact) mass is 358 g/mol. The van der Waals surface area contributed by atoms with Crippen molar-refractivity contribution in [3.63, 3.8) is 0 Å². The molecule has 1 aliphatic heterocycles. The van der Waals surface area contributed by atoms with Crippen LogP contribution in [0.4, 0.5) is 0 Å². The molecule has 0 amide bonds. The van der Waals surface area contributed by atoms with Gasteiger partial charge in [-0.2, -0.15) is 0 Å². The van der Waals surface area contributed by atoms with Gasteiger partial charge in [0.05, 0.1) is 7.11 Å². The Hall–Kier alpha value is -3.22. The van der Waals surface area contributed by atoms with Crippen molar-refractivity contribution in [2.45, 2.75) is 6.92 Å². The molecule has 26 heavy (non-hydrogen) atoms. The third kappa shape index (κ3) is 4.05. The van der Waals surface area contributed by atoms with Gasteiger partial charge in [0.25, 0.3) is 0 Å². The van der Waals surface area contributed by atoms with Crippen LogP contribution in [0.1, 0.15) is 15.9 Å². The third-order valence-corrected chi connectivity index (χ3v) is 3.72. The van der Waals surface area contributed by atoms with E-state index in [-0.39, 0.29) is 25.8 Å². The number of fused-ring (bicyclic) bond motifs is 1. The maximum atomic E-state index is 12.1. The molecule has 136 valence electrons. The second-order valence-corrected chi connectivity index (χ2v) is 5.59. The molecule has 0 spiro atoms. The van der Waals surface area contributed by atoms with Gasteiger partial charge in [-0.05, 0) is 42.8 Å². The summed E-state index contributed by atoms with van der Waals surface area (Å²) in [6.45, 7) is 1.34. The number of rotatable bonds is 7. The number of benzene rings is 2. The molecule has 0 unspecified atom stereocenters. The van der Waals surface area contributed by atoms with Crippen molar-refractivity contribution in [3.05, 3.63) is 47.5 Å². The maximum absolute atomic E-state index is 12.1. The molecule has 2 aromatic carbocycles. The minimum atomic E-state index is -0.651. The Morgan fingerprint density at radius 2 is 1.81 bits per heavy atom. The van der Waals surface area contributed by atoms with E-state index in [1.807, 2.05) is 13.0 Å². The first-order valence-corrected chi connectivity index (χ1v) is 7.92. The summed E-state index contributed by atoms with van der Waals surface area (Å²) in [6.07, 6.45) is 0. The number of ether oxygens (including phenoxy) is 5. The highest BCUT2D eigenvalue weighted by molar-refractivity contribution is 5.98. The molecule has 7 heteroatoms. The molecule has 0 atom stereocenters. The smallest absolute Gasteiger partial charge is 0.344 e. The van der Waals surface area contributed by atoms with Crippen LogP contribution in [0.3, 0.4) is 0 Å². The third-order valence-electron chi connectivity index (χ3n) is 3.72. The van der Waals surface area contributed by atoms with E-state index in [4.69, 9.17) is 23.7 Å². The highest BCUT2D eigenvalue weighted by Gasteiger charge is 2.17. The van der Waals surface area contributed by atoms with E-state index < -0.39 is 5.97 Å². The Labute approximate surface area is 150 Å². The average Bonchev–Trinajstić information content (AvgIpc) is 3.12. The van der Waals surface area contributed by atoms with Crippen molar-refractivity contribution in [2.24, 2.45) is 0 Å². The number of hydrogen-bond acceptors (Lipinski definition) is 7. The fourth-order valence-electron chi connectivity index (χ4n) is 2.37. The van der Waals surface area contributed by atoms with E-state index in [1.165, 1.54) is 7.11 Å². The van der Waals surface area contributed by atoms with E-state index in [9.17, 15) is 9.59 Å². The SMILES string of the molecule is COc1cc(C)ccc1OCC(=O)OCC(=O)c1ccc2c(c1)OCO2. The van der Waals surface area contributed by atoms with Crippen molar-refractivity contribution in [1.29, 1.82) is 0 Å². The first-order valence-electron chi connectivity index (χ1n) is 7.92. The summed E-state index contributed by atoms with van der Waals surface area (Å²) in [5.74, 6) is 1.04. The first-order chi connectivity index (χ1) is 12.6. The van der Waals surface area contributed by atoms with E-state index >= 15 is 0 Å². The van der Waals surface area contributed by atoms with Gasteiger partial charge in [0.15, 0.2) is 42.0 Å². The van der Waals surface area contributed by atoms with Gasteiger partial charge < -0.3 is 23.7 Å². The average molecular weight is 358 g/mol. The van der Waals surface area contributed by atoms with Gasteiger partial charge in [0.1, 0.15) is 0 Å². The van der Waals surface area contributed by atoms with Crippen LogP contribution in [-0.4, -0.2) is 38.9 Å². The van der Waals surface area contributed by atoms with Crippen LogP contribution in [0.25, 0.3) is 0 Å². The predicted octanol–water partition coefficient (Wildman–Crippen LogP) is 2.54. The van der Waals surface area contributed by atoms with Crippen molar-refractivity contribution >= 4 is 11.8 Å². The summed E-state index contributed by atoms with van der Waals surface area (Å²) in [5.41, 5.74) is 1.38. The van der Waals surface area contributed by atoms with E-state index in [0.717, 1.165) is 5.56 Å². The fourth-order valence-corrected chi connectivity index (χ4v) is 2.37. The lowest BCUT2D eigenvalue weighted by Gasteiger charge is -2.11. The van der Waals surface area contributed by atoms with Crippen molar-refractivity contribution in [1.82, 2.24) is 0 Å². The van der Waals surface area contributed by atoms with Crippen LogP contribution in [0.15, 0.2) is 36.4 Å². The molecule has 1 aliphatic rings. The lowest BCUT2D eigenvalue weighted by molar-refractivity contribution is -0.144. The summed E-state index contributed by atoms with van der Waals surface area (Å²) >= 11 is 0. The zero-order valence-corrected chi connectivity index (χ0v) is 14.4. The van der Waals surface area contributed by atoms with E-state index in [1.54, 1.807) is 30.3 Å². The van der Waals surface area contributed by atoms with E-state index in [2.05, 4.69) is 0 Å². The second-order valence-electron chi connectivity index (χ2n) is 5.59. The number of Topliss-reactive ketones (excluding diaryl/α,β-unsaturated/α-hetero) is 1. The molecule has 7 nitrogen and oxygen atoms in total. The lowest BCUT2D eigenvalue weighted by Crippen LogP contribution is -2.19. The molecule has 0 bridgehead atoms. The van der Waals surface area contributed by atoms with Crippen LogP contribution < -0.4 is 18.9 Å². The molecule has 1 heterocycles. The topological polar surface area (TPSA) is 80.3 Å². The standard InChI is InChI=1S/C19H18O7/c1-12-3-5-15(17(7-12)22-2)23-10-19(21)24-9-14(20)13-4-6-16-18(8-13)26-11-25-16/h3-8H,9-11H2,1-2H3. The molecular formula is C19H18O7. The Balaban J connectivity index is 1.50. The quantitative estimate of drug-likeness (QED) is 0.556. The van der Waals surface area contributed by atoms with Gasteiger partial charge in [-0.25, -0.2) is 4.79 Å². The van der Waals surface area contributed by atoms with E-state index in [0.29, 0.717) is 28.6 Å². The molecule has 0 radical (unpaired) electrons. The van der Waals surface area contributed by atoms with Crippen LogP contribution in [-0.2, 0) is 9.53 Å². The van der Waals surface area contributed by atoms with Gasteiger partial charge in [-0.15, -0.1) is 0 Å². The normalized spacial score (nSPS) is 11.8. The number of ketones is 1. The molecule has 0 saturated carbocycles. The van der Waals surface area contributed by atoms with Gasteiger partial charge in [0, 0.05) is 5.56 Å². The number of methoxy groups -OCH3 is 1. The largest absolute Gasteiger partial charge is 0.493 e. The van der Waals surface area contributed by atoms with Crippen LogP contribution >= 0.6 is 0 Å². The minimum Gasteiger partial charge on any atom is -0.493 e. The maximum Gasteiger partial charge on any atom is 0.344 e. The molecular weight excluding hydrogens is 340 g/mol. The number of carbonyl (C=O) groups is 2. The van der Waals surface area contributed by atoms with Crippen LogP contribution in [0.2, 0.25) is 0 Å². The number of aryl methyl sites for hydroxylation is 1. The minimum absolute atomic E-state index is 0.127. The van der Waals surface area contributed by atoms with Gasteiger partial charge in [0.2, 0.25) is 6.79 Å². The Kier molecular flexibility index (Phi) is 5.26. The zero-order valence-electron chi connectivity index (χ0n) is 14.4. The van der Waals surface area contributed by atoms with Gasteiger partial charge in [-0.1, -0.05) is 6.07 Å². The van der Waals surface area contributed by atoms with Crippen molar-refractivity contribution in [2.75, 3.05) is 27.1 Å². The lowest BCUT2D eigenvalue weighted by atomic mass is 10.1. The van der Waals surface area contributed by atoms with Crippen LogP contribution in [0.5, 0.6) is 23.0 Å². The Morgan fingerprint density at radius 1 is 1.00 bits per heavy atom. The first kappa shape index (κ1) is 17.6. The summed E-state index contributed by atoms with van der Waals surface area (Å²) in [7, 11) is 1.52. The second kappa shape index (κ2) is 7.77. The summed E-state index contributed by atoms with van der Waals surface area (Å²) in [4.78, 5) is 23.9. The summed E-state index contributed by atoms with van der Waals surface area (Å²) in [5, 5.41) is 0. The Morgan fingerprint density at radius 3 is 2.62 bits per heavy atom. The van der Waals surface area contributed by atoms with Crippen molar-refractivity contribution in [3.8, 4) is 23.0 Å². The summed E-state index contributed by atoms with van der Waals surface area (Å²) in [6, 6.07) is 10.1. The molecule has 0 saturated heterocycles. The summed E-state index contributed by atoms with van der Waals surface area (Å²) < 4.78 is 26.0. The van der Waals surface area contributed by atoms with Gasteiger partial charge >= 0.3 is 5.97 Å². The van der Waals surface area contributed by atoms with Crippen LogP contribution in [0, 0.1) is 6.92 Å². The highest BCUT2D eigenvalue weighted by Crippen LogP contribution is 2.32. The molecule has 2 aromatic rings. The Bertz CT molecular complexity index is 829. The molecule has 0 N–H and O–H groups in total. The van der Waals surface area contributed by atoms with Crippen molar-refractivity contribution < 1.29 is 33.3 Å². The van der Waals surface area contributed by atoms with Gasteiger partial charge in [-0.3, -0.25) is 4.79 Å². The molecule has 0 aromatic heterocycles.